The summed E-state index contributed by atoms with van der Waals surface area (Å²) in [5, 5.41) is 3.35. The molecule has 0 amide bonds. The fourth-order valence-electron chi connectivity index (χ4n) is 2.88. The van der Waals surface area contributed by atoms with Crippen molar-refractivity contribution in [3.63, 3.8) is 0 Å². The molecule has 6 heteroatoms. The molecule has 2 heterocycles. The molecule has 28 heavy (non-hydrogen) atoms. The largest absolute Gasteiger partial charge is 0.494 e. The van der Waals surface area contributed by atoms with Gasteiger partial charge in [0.15, 0.2) is 5.16 Å². The Morgan fingerprint density at radius 1 is 1.11 bits per heavy atom. The summed E-state index contributed by atoms with van der Waals surface area (Å²) in [5.41, 5.74) is 3.11. The third-order valence-electron chi connectivity index (χ3n) is 4.32. The van der Waals surface area contributed by atoms with Crippen molar-refractivity contribution < 1.29 is 4.74 Å². The van der Waals surface area contributed by atoms with Crippen LogP contribution in [0.5, 0.6) is 5.75 Å². The van der Waals surface area contributed by atoms with Gasteiger partial charge in [-0.2, -0.15) is 0 Å². The quantitative estimate of drug-likeness (QED) is 0.248. The minimum atomic E-state index is -0.0788. The summed E-state index contributed by atoms with van der Waals surface area (Å²) in [6.45, 7) is 2.69. The molecule has 0 bridgehead atoms. The van der Waals surface area contributed by atoms with Crippen molar-refractivity contribution in [3.8, 4) is 16.9 Å². The zero-order chi connectivity index (χ0) is 19.3. The van der Waals surface area contributed by atoms with Gasteiger partial charge >= 0.3 is 0 Å². The van der Waals surface area contributed by atoms with E-state index in [9.17, 15) is 4.79 Å². The number of H-pyrrole nitrogens is 1. The van der Waals surface area contributed by atoms with Crippen LogP contribution in [0.4, 0.5) is 0 Å². The van der Waals surface area contributed by atoms with Crippen LogP contribution in [0, 0.1) is 6.92 Å². The number of aromatic amines is 1. The molecule has 0 aliphatic heterocycles. The first-order valence-corrected chi connectivity index (χ1v) is 11.0. The van der Waals surface area contributed by atoms with Gasteiger partial charge in [-0.05, 0) is 31.0 Å². The maximum atomic E-state index is 12.7. The topological polar surface area (TPSA) is 55.0 Å². The third kappa shape index (κ3) is 4.29. The van der Waals surface area contributed by atoms with Crippen LogP contribution in [0.1, 0.15) is 12.0 Å². The summed E-state index contributed by atoms with van der Waals surface area (Å²) >= 11 is 3.06. The highest BCUT2D eigenvalue weighted by Crippen LogP contribution is 2.31. The molecule has 142 valence electrons. The number of hydrogen-bond acceptors (Lipinski definition) is 5. The van der Waals surface area contributed by atoms with Gasteiger partial charge in [-0.15, -0.1) is 11.3 Å². The third-order valence-corrected chi connectivity index (χ3v) is 6.16. The Hall–Kier alpha value is -2.57. The lowest BCUT2D eigenvalue weighted by atomic mass is 10.1. The number of thiophene rings is 1. The second-order valence-electron chi connectivity index (χ2n) is 6.43. The molecular formula is C22H20N2O2S2. The molecule has 2 aromatic heterocycles. The molecule has 4 aromatic rings. The molecule has 2 aromatic carbocycles. The lowest BCUT2D eigenvalue weighted by Gasteiger charge is -2.05. The number of benzene rings is 2. The van der Waals surface area contributed by atoms with Crippen LogP contribution in [0.3, 0.4) is 0 Å². The molecule has 0 spiro atoms. The van der Waals surface area contributed by atoms with Gasteiger partial charge in [0, 0.05) is 16.7 Å². The van der Waals surface area contributed by atoms with Crippen molar-refractivity contribution in [1.29, 1.82) is 0 Å². The number of rotatable bonds is 7. The van der Waals surface area contributed by atoms with Crippen molar-refractivity contribution in [2.45, 2.75) is 18.5 Å². The first-order chi connectivity index (χ1) is 13.7. The lowest BCUT2D eigenvalue weighted by molar-refractivity contribution is 0.318. The van der Waals surface area contributed by atoms with Gasteiger partial charge in [0.2, 0.25) is 0 Å². The van der Waals surface area contributed by atoms with E-state index in [1.165, 1.54) is 16.9 Å². The van der Waals surface area contributed by atoms with Gasteiger partial charge in [-0.3, -0.25) is 4.79 Å². The summed E-state index contributed by atoms with van der Waals surface area (Å²) in [4.78, 5) is 21.0. The van der Waals surface area contributed by atoms with Gasteiger partial charge in [0.1, 0.15) is 10.6 Å². The second-order valence-corrected chi connectivity index (χ2v) is 8.37. The van der Waals surface area contributed by atoms with Crippen LogP contribution in [-0.2, 0) is 0 Å². The van der Waals surface area contributed by atoms with Gasteiger partial charge in [0.25, 0.3) is 5.56 Å². The molecule has 0 saturated carbocycles. The summed E-state index contributed by atoms with van der Waals surface area (Å²) in [6, 6.07) is 18.0. The number of hydrogen-bond donors (Lipinski definition) is 1. The number of fused-ring (bicyclic) bond motifs is 1. The van der Waals surface area contributed by atoms with Gasteiger partial charge < -0.3 is 9.72 Å². The molecule has 0 saturated heterocycles. The van der Waals surface area contributed by atoms with Crippen LogP contribution < -0.4 is 10.3 Å². The molecule has 0 aliphatic rings. The van der Waals surface area contributed by atoms with E-state index in [0.717, 1.165) is 33.9 Å². The highest BCUT2D eigenvalue weighted by molar-refractivity contribution is 7.99. The van der Waals surface area contributed by atoms with Crippen LogP contribution in [0.15, 0.2) is 69.9 Å². The van der Waals surface area contributed by atoms with E-state index in [0.29, 0.717) is 17.1 Å². The van der Waals surface area contributed by atoms with E-state index in [1.54, 1.807) is 11.8 Å². The predicted octanol–water partition coefficient (Wildman–Crippen LogP) is 5.52. The van der Waals surface area contributed by atoms with Crippen molar-refractivity contribution in [2.75, 3.05) is 12.4 Å². The minimum Gasteiger partial charge on any atom is -0.494 e. The highest BCUT2D eigenvalue weighted by atomic mass is 32.2. The van der Waals surface area contributed by atoms with Gasteiger partial charge in [0.05, 0.1) is 12.0 Å². The monoisotopic (exact) mass is 408 g/mol. The summed E-state index contributed by atoms with van der Waals surface area (Å²) < 4.78 is 5.69. The van der Waals surface area contributed by atoms with Crippen molar-refractivity contribution in [2.24, 2.45) is 0 Å². The molecule has 1 N–H and O–H groups in total. The molecule has 0 aliphatic carbocycles. The van der Waals surface area contributed by atoms with E-state index in [2.05, 4.69) is 29.0 Å². The highest BCUT2D eigenvalue weighted by Gasteiger charge is 2.13. The van der Waals surface area contributed by atoms with E-state index >= 15 is 0 Å². The molecule has 0 atom stereocenters. The van der Waals surface area contributed by atoms with Crippen molar-refractivity contribution in [3.05, 3.63) is 75.9 Å². The Balaban J connectivity index is 1.42. The predicted molar refractivity (Wildman–Crippen MR) is 118 cm³/mol. The molecule has 0 fully saturated rings. The second kappa shape index (κ2) is 8.63. The molecule has 4 nitrogen and oxygen atoms in total. The summed E-state index contributed by atoms with van der Waals surface area (Å²) in [7, 11) is 0. The van der Waals surface area contributed by atoms with E-state index in [4.69, 9.17) is 4.74 Å². The van der Waals surface area contributed by atoms with E-state index in [-0.39, 0.29) is 5.56 Å². The van der Waals surface area contributed by atoms with Crippen LogP contribution >= 0.6 is 23.1 Å². The van der Waals surface area contributed by atoms with Gasteiger partial charge in [-0.25, -0.2) is 4.98 Å². The Morgan fingerprint density at radius 2 is 1.89 bits per heavy atom. The smallest absolute Gasteiger partial charge is 0.260 e. The minimum absolute atomic E-state index is 0.0788. The maximum Gasteiger partial charge on any atom is 0.260 e. The SMILES string of the molecule is Cc1ccc(-c2csc3nc(SCCCOc4ccccc4)[nH]c(=O)c23)cc1. The number of nitrogens with one attached hydrogen (secondary N) is 1. The lowest BCUT2D eigenvalue weighted by Crippen LogP contribution is -2.09. The number of ether oxygens (including phenoxy) is 1. The van der Waals surface area contributed by atoms with E-state index in [1.807, 2.05) is 47.8 Å². The van der Waals surface area contributed by atoms with Crippen molar-refractivity contribution >= 4 is 33.3 Å². The van der Waals surface area contributed by atoms with Crippen molar-refractivity contribution in [1.82, 2.24) is 9.97 Å². The zero-order valence-electron chi connectivity index (χ0n) is 15.5. The van der Waals surface area contributed by atoms with Crippen LogP contribution in [-0.4, -0.2) is 22.3 Å². The first kappa shape index (κ1) is 18.8. The average Bonchev–Trinajstić information content (AvgIpc) is 3.14. The molecule has 0 radical (unpaired) electrons. The van der Waals surface area contributed by atoms with Crippen LogP contribution in [0.25, 0.3) is 21.3 Å². The standard InChI is InChI=1S/C22H20N2O2S2/c1-15-8-10-16(11-9-15)18-14-28-21-19(18)20(25)23-22(24-21)27-13-5-12-26-17-6-3-2-4-7-17/h2-4,6-11,14H,5,12-13H2,1H3,(H,23,24,25). The number of nitrogens with zero attached hydrogens (tertiary/aromatic N) is 1. The number of aryl methyl sites for hydroxylation is 1. The fraction of sp³-hybridized carbons (Fsp3) is 0.182. The van der Waals surface area contributed by atoms with Crippen LogP contribution in [0.2, 0.25) is 0 Å². The maximum absolute atomic E-state index is 12.7. The van der Waals surface area contributed by atoms with Gasteiger partial charge in [-0.1, -0.05) is 59.8 Å². The average molecular weight is 409 g/mol. The summed E-state index contributed by atoms with van der Waals surface area (Å²) in [6.07, 6.45) is 0.875. The Bertz CT molecular complexity index is 1120. The number of aromatic nitrogens is 2. The Labute approximate surface area is 171 Å². The molecular weight excluding hydrogens is 388 g/mol. The molecule has 4 rings (SSSR count). The number of thioether (sulfide) groups is 1. The zero-order valence-corrected chi connectivity index (χ0v) is 17.1. The Morgan fingerprint density at radius 3 is 2.68 bits per heavy atom. The van der Waals surface area contributed by atoms with E-state index < -0.39 is 0 Å². The Kier molecular flexibility index (Phi) is 5.78. The molecule has 0 unspecified atom stereocenters. The normalized spacial score (nSPS) is 11.0. The first-order valence-electron chi connectivity index (χ1n) is 9.10. The fourth-order valence-corrected chi connectivity index (χ4v) is 4.66. The summed E-state index contributed by atoms with van der Waals surface area (Å²) in [5.74, 6) is 1.71. The number of para-hydroxylation sites is 1.